The number of hydrogen-bond donors (Lipinski definition) is 1. The van der Waals surface area contributed by atoms with Gasteiger partial charge in [-0.25, -0.2) is 9.37 Å². The molecule has 0 fully saturated rings. The normalized spacial score (nSPS) is 10.3. The van der Waals surface area contributed by atoms with Crippen LogP contribution in [0.3, 0.4) is 0 Å². The molecule has 0 atom stereocenters. The first-order chi connectivity index (χ1) is 11.2. The van der Waals surface area contributed by atoms with E-state index in [1.54, 1.807) is 24.3 Å². The molecule has 0 bridgehead atoms. The molecule has 0 aliphatic carbocycles. The zero-order chi connectivity index (χ0) is 16.2. The summed E-state index contributed by atoms with van der Waals surface area (Å²) in [6, 6.07) is 16.6. The van der Waals surface area contributed by atoms with E-state index in [1.807, 2.05) is 18.2 Å². The summed E-state index contributed by atoms with van der Waals surface area (Å²) in [6.07, 6.45) is 1.41. The van der Waals surface area contributed by atoms with Crippen molar-refractivity contribution in [2.24, 2.45) is 5.73 Å². The highest BCUT2D eigenvalue weighted by Gasteiger charge is 2.18. The predicted molar refractivity (Wildman–Crippen MR) is 84.7 cm³/mol. The van der Waals surface area contributed by atoms with E-state index < -0.39 is 11.7 Å². The van der Waals surface area contributed by atoms with Crippen LogP contribution < -0.4 is 10.5 Å². The summed E-state index contributed by atoms with van der Waals surface area (Å²) in [6.45, 7) is 0. The Morgan fingerprint density at radius 1 is 1.00 bits per heavy atom. The average molecular weight is 308 g/mol. The third-order valence-corrected chi connectivity index (χ3v) is 3.29. The van der Waals surface area contributed by atoms with Gasteiger partial charge in [0.2, 0.25) is 11.8 Å². The highest BCUT2D eigenvalue weighted by Crippen LogP contribution is 2.34. The second-order valence-electron chi connectivity index (χ2n) is 4.80. The summed E-state index contributed by atoms with van der Waals surface area (Å²) in [7, 11) is 0. The Kier molecular flexibility index (Phi) is 4.01. The van der Waals surface area contributed by atoms with Crippen molar-refractivity contribution in [2.75, 3.05) is 0 Å². The monoisotopic (exact) mass is 308 g/mol. The quantitative estimate of drug-likeness (QED) is 0.797. The molecule has 1 aromatic heterocycles. The van der Waals surface area contributed by atoms with E-state index in [2.05, 4.69) is 4.98 Å². The number of benzene rings is 2. The number of aromatic nitrogens is 1. The minimum atomic E-state index is -0.607. The summed E-state index contributed by atoms with van der Waals surface area (Å²) < 4.78 is 19.4. The molecule has 2 aromatic carbocycles. The molecule has 4 nitrogen and oxygen atoms in total. The van der Waals surface area contributed by atoms with Gasteiger partial charge in [0.1, 0.15) is 0 Å². The van der Waals surface area contributed by atoms with Crippen molar-refractivity contribution in [3.63, 3.8) is 0 Å². The number of amides is 1. The fourth-order valence-corrected chi connectivity index (χ4v) is 2.24. The maximum atomic E-state index is 13.8. The molecule has 3 aromatic rings. The van der Waals surface area contributed by atoms with Crippen LogP contribution in [0.1, 0.15) is 10.4 Å². The Morgan fingerprint density at radius 2 is 1.70 bits per heavy atom. The van der Waals surface area contributed by atoms with E-state index in [0.717, 1.165) is 0 Å². The number of nitrogens with zero attached hydrogens (tertiary/aromatic N) is 1. The molecule has 0 unspecified atom stereocenters. The minimum Gasteiger partial charge on any atom is -0.435 e. The molecule has 23 heavy (non-hydrogen) atoms. The van der Waals surface area contributed by atoms with E-state index in [9.17, 15) is 9.18 Å². The van der Waals surface area contributed by atoms with Gasteiger partial charge in [0.25, 0.3) is 0 Å². The van der Waals surface area contributed by atoms with E-state index in [0.29, 0.717) is 11.1 Å². The van der Waals surface area contributed by atoms with Crippen LogP contribution in [0.2, 0.25) is 0 Å². The van der Waals surface area contributed by atoms with Gasteiger partial charge in [-0.3, -0.25) is 4.79 Å². The topological polar surface area (TPSA) is 65.2 Å². The van der Waals surface area contributed by atoms with Gasteiger partial charge < -0.3 is 10.5 Å². The number of hydrogen-bond acceptors (Lipinski definition) is 3. The summed E-state index contributed by atoms with van der Waals surface area (Å²) in [5.74, 6) is -0.973. The smallest absolute Gasteiger partial charge is 0.249 e. The number of carbonyl (C=O) groups excluding carboxylic acids is 1. The first-order valence-electron chi connectivity index (χ1n) is 6.93. The van der Waals surface area contributed by atoms with Crippen molar-refractivity contribution in [2.45, 2.75) is 0 Å². The van der Waals surface area contributed by atoms with Crippen LogP contribution in [0.5, 0.6) is 11.6 Å². The molecule has 1 amide bonds. The average Bonchev–Trinajstić information content (AvgIpc) is 2.57. The van der Waals surface area contributed by atoms with Gasteiger partial charge in [-0.2, -0.15) is 0 Å². The molecule has 114 valence electrons. The number of rotatable bonds is 4. The van der Waals surface area contributed by atoms with Crippen LogP contribution in [-0.2, 0) is 0 Å². The zero-order valence-corrected chi connectivity index (χ0v) is 12.1. The summed E-state index contributed by atoms with van der Waals surface area (Å²) in [4.78, 5) is 15.9. The first kappa shape index (κ1) is 14.7. The van der Waals surface area contributed by atoms with Gasteiger partial charge >= 0.3 is 0 Å². The van der Waals surface area contributed by atoms with Crippen molar-refractivity contribution < 1.29 is 13.9 Å². The van der Waals surface area contributed by atoms with Crippen molar-refractivity contribution in [1.82, 2.24) is 4.98 Å². The molecular formula is C18H13FN2O2. The molecule has 0 saturated heterocycles. The van der Waals surface area contributed by atoms with Gasteiger partial charge in [-0.05, 0) is 23.8 Å². The van der Waals surface area contributed by atoms with Crippen molar-refractivity contribution in [3.05, 3.63) is 78.2 Å². The zero-order valence-electron chi connectivity index (χ0n) is 12.1. The number of primary amides is 1. The number of halogens is 1. The molecule has 0 saturated carbocycles. The molecular weight excluding hydrogens is 295 g/mol. The summed E-state index contributed by atoms with van der Waals surface area (Å²) >= 11 is 0. The molecule has 0 aliphatic rings. The van der Waals surface area contributed by atoms with Crippen molar-refractivity contribution >= 4 is 5.91 Å². The number of ether oxygens (including phenoxy) is 1. The first-order valence-corrected chi connectivity index (χ1v) is 6.93. The van der Waals surface area contributed by atoms with Gasteiger partial charge in [0.05, 0.1) is 11.1 Å². The lowest BCUT2D eigenvalue weighted by atomic mass is 10.0. The van der Waals surface area contributed by atoms with Crippen LogP contribution in [0.4, 0.5) is 4.39 Å². The highest BCUT2D eigenvalue weighted by atomic mass is 19.1. The Labute approximate surface area is 132 Å². The lowest BCUT2D eigenvalue weighted by Gasteiger charge is -2.13. The van der Waals surface area contributed by atoms with Crippen LogP contribution in [-0.4, -0.2) is 10.9 Å². The van der Waals surface area contributed by atoms with E-state index in [1.165, 1.54) is 24.4 Å². The number of para-hydroxylation sites is 1. The van der Waals surface area contributed by atoms with Crippen molar-refractivity contribution in [3.8, 4) is 22.8 Å². The molecule has 0 aliphatic heterocycles. The molecule has 1 heterocycles. The molecule has 3 rings (SSSR count). The Bertz CT molecular complexity index is 851. The van der Waals surface area contributed by atoms with E-state index in [4.69, 9.17) is 10.5 Å². The van der Waals surface area contributed by atoms with Crippen LogP contribution in [0.15, 0.2) is 66.9 Å². The van der Waals surface area contributed by atoms with Gasteiger partial charge in [0, 0.05) is 6.20 Å². The molecule has 2 N–H and O–H groups in total. The van der Waals surface area contributed by atoms with E-state index >= 15 is 0 Å². The number of pyridine rings is 1. The lowest BCUT2D eigenvalue weighted by molar-refractivity contribution is 0.100. The summed E-state index contributed by atoms with van der Waals surface area (Å²) in [5, 5.41) is 0. The molecule has 0 radical (unpaired) electrons. The van der Waals surface area contributed by atoms with Crippen LogP contribution >= 0.6 is 0 Å². The Balaban J connectivity index is 2.16. The van der Waals surface area contributed by atoms with Gasteiger partial charge in [-0.15, -0.1) is 0 Å². The third kappa shape index (κ3) is 3.03. The van der Waals surface area contributed by atoms with Crippen LogP contribution in [0, 0.1) is 5.82 Å². The Hall–Kier alpha value is -3.21. The fraction of sp³-hybridized carbons (Fsp3) is 0. The predicted octanol–water partition coefficient (Wildman–Crippen LogP) is 3.78. The third-order valence-electron chi connectivity index (χ3n) is 3.29. The fourth-order valence-electron chi connectivity index (χ4n) is 2.24. The molecule has 5 heteroatoms. The Morgan fingerprint density at radius 3 is 2.39 bits per heavy atom. The SMILES string of the molecule is NC(=O)c1ccnc(Oc2ccccc2F)c1-c1ccccc1. The maximum absolute atomic E-state index is 13.8. The standard InChI is InChI=1S/C18H13FN2O2/c19-14-8-4-5-9-15(14)23-18-16(12-6-2-1-3-7-12)13(17(20)22)10-11-21-18/h1-11H,(H2,20,22). The van der Waals surface area contributed by atoms with E-state index in [-0.39, 0.29) is 17.2 Å². The van der Waals surface area contributed by atoms with Gasteiger partial charge in [-0.1, -0.05) is 42.5 Å². The number of carbonyl (C=O) groups is 1. The van der Waals surface area contributed by atoms with Gasteiger partial charge in [0.15, 0.2) is 11.6 Å². The molecule has 0 spiro atoms. The second-order valence-corrected chi connectivity index (χ2v) is 4.80. The van der Waals surface area contributed by atoms with Crippen molar-refractivity contribution in [1.29, 1.82) is 0 Å². The minimum absolute atomic E-state index is 0.0267. The number of nitrogens with two attached hydrogens (primary N) is 1. The second kappa shape index (κ2) is 6.27. The largest absolute Gasteiger partial charge is 0.435 e. The lowest BCUT2D eigenvalue weighted by Crippen LogP contribution is -2.13. The summed E-state index contributed by atoms with van der Waals surface area (Å²) in [5.41, 5.74) is 6.85. The van der Waals surface area contributed by atoms with Crippen LogP contribution in [0.25, 0.3) is 11.1 Å². The highest BCUT2D eigenvalue weighted by molar-refractivity contribution is 6.01. The maximum Gasteiger partial charge on any atom is 0.249 e.